The first-order valence-corrected chi connectivity index (χ1v) is 4.82. The molecule has 66 valence electrons. The first kappa shape index (κ1) is 10.7. The minimum atomic E-state index is 0.408. The number of allylic oxidation sites excluding steroid dienone is 1. The van der Waals surface area contributed by atoms with Gasteiger partial charge in [-0.25, -0.2) is 0 Å². The molecule has 0 aromatic rings. The summed E-state index contributed by atoms with van der Waals surface area (Å²) in [7, 11) is 0. The smallest absolute Gasteiger partial charge is 0.0149 e. The van der Waals surface area contributed by atoms with Gasteiger partial charge in [0.15, 0.2) is 0 Å². The van der Waals surface area contributed by atoms with Gasteiger partial charge in [0, 0.05) is 0 Å². The van der Waals surface area contributed by atoms with Gasteiger partial charge < -0.3 is 0 Å². The second-order valence-electron chi connectivity index (χ2n) is 3.71. The zero-order chi connectivity index (χ0) is 8.74. The Labute approximate surface area is 71.7 Å². The van der Waals surface area contributed by atoms with Crippen LogP contribution < -0.4 is 0 Å². The molecule has 0 aliphatic heterocycles. The third kappa shape index (κ3) is 4.23. The maximum absolute atomic E-state index is 3.90. The molecule has 1 atom stereocenters. The number of unbranched alkanes of at least 4 members (excludes halogenated alkanes) is 1. The first-order chi connectivity index (χ1) is 5.18. The lowest BCUT2D eigenvalue weighted by Crippen LogP contribution is -2.11. The standard InChI is InChI=1S/C11H22/c1-5-8-10-11(4,7-3)9-6-2/h7H,3,5-6,8-10H2,1-2,4H3. The minimum absolute atomic E-state index is 0.408. The molecule has 1 unspecified atom stereocenters. The lowest BCUT2D eigenvalue weighted by molar-refractivity contribution is 0.345. The molecule has 0 fully saturated rings. The van der Waals surface area contributed by atoms with Crippen molar-refractivity contribution in [3.05, 3.63) is 12.7 Å². The van der Waals surface area contributed by atoms with E-state index < -0.39 is 0 Å². The van der Waals surface area contributed by atoms with Crippen LogP contribution in [0, 0.1) is 5.41 Å². The van der Waals surface area contributed by atoms with E-state index in [4.69, 9.17) is 0 Å². The zero-order valence-corrected chi connectivity index (χ0v) is 8.32. The Hall–Kier alpha value is -0.260. The second kappa shape index (κ2) is 5.40. The highest BCUT2D eigenvalue weighted by atomic mass is 14.2. The van der Waals surface area contributed by atoms with Crippen LogP contribution in [0.4, 0.5) is 0 Å². The summed E-state index contributed by atoms with van der Waals surface area (Å²) in [6.45, 7) is 10.7. The van der Waals surface area contributed by atoms with Gasteiger partial charge in [0.25, 0.3) is 0 Å². The monoisotopic (exact) mass is 154 g/mol. The number of hydrogen-bond acceptors (Lipinski definition) is 0. The molecule has 0 aromatic heterocycles. The highest BCUT2D eigenvalue weighted by molar-refractivity contribution is 4.90. The van der Waals surface area contributed by atoms with Crippen LogP contribution in [-0.4, -0.2) is 0 Å². The van der Waals surface area contributed by atoms with E-state index in [9.17, 15) is 0 Å². The lowest BCUT2D eigenvalue weighted by Gasteiger charge is -2.24. The van der Waals surface area contributed by atoms with Crippen molar-refractivity contribution in [3.63, 3.8) is 0 Å². The molecule has 0 spiro atoms. The van der Waals surface area contributed by atoms with E-state index in [0.29, 0.717) is 5.41 Å². The highest BCUT2D eigenvalue weighted by Crippen LogP contribution is 2.30. The fourth-order valence-corrected chi connectivity index (χ4v) is 1.48. The molecule has 0 rings (SSSR count). The third-order valence-electron chi connectivity index (χ3n) is 2.42. The molecule has 0 bridgehead atoms. The van der Waals surface area contributed by atoms with Crippen molar-refractivity contribution in [2.24, 2.45) is 5.41 Å². The van der Waals surface area contributed by atoms with Crippen LogP contribution >= 0.6 is 0 Å². The lowest BCUT2D eigenvalue weighted by atomic mass is 9.81. The Morgan fingerprint density at radius 3 is 2.18 bits per heavy atom. The Balaban J connectivity index is 3.77. The van der Waals surface area contributed by atoms with Crippen molar-refractivity contribution >= 4 is 0 Å². The zero-order valence-electron chi connectivity index (χ0n) is 8.32. The molecule has 0 heterocycles. The fraction of sp³-hybridized carbons (Fsp3) is 0.818. The van der Waals surface area contributed by atoms with Gasteiger partial charge in [0.1, 0.15) is 0 Å². The Morgan fingerprint density at radius 2 is 1.82 bits per heavy atom. The van der Waals surface area contributed by atoms with Gasteiger partial charge in [-0.1, -0.05) is 46.1 Å². The van der Waals surface area contributed by atoms with Crippen LogP contribution in [0.25, 0.3) is 0 Å². The van der Waals surface area contributed by atoms with Crippen LogP contribution in [-0.2, 0) is 0 Å². The van der Waals surface area contributed by atoms with Crippen LogP contribution in [0.5, 0.6) is 0 Å². The van der Waals surface area contributed by atoms with E-state index in [0.717, 1.165) is 0 Å². The number of rotatable bonds is 6. The van der Waals surface area contributed by atoms with E-state index in [1.165, 1.54) is 32.1 Å². The fourth-order valence-electron chi connectivity index (χ4n) is 1.48. The molecular weight excluding hydrogens is 132 g/mol. The summed E-state index contributed by atoms with van der Waals surface area (Å²) in [5, 5.41) is 0. The number of hydrogen-bond donors (Lipinski definition) is 0. The minimum Gasteiger partial charge on any atom is -0.103 e. The van der Waals surface area contributed by atoms with Gasteiger partial charge in [0.2, 0.25) is 0 Å². The second-order valence-corrected chi connectivity index (χ2v) is 3.71. The van der Waals surface area contributed by atoms with Crippen molar-refractivity contribution in [2.75, 3.05) is 0 Å². The van der Waals surface area contributed by atoms with E-state index in [1.54, 1.807) is 0 Å². The molecule has 0 aliphatic carbocycles. The van der Waals surface area contributed by atoms with Crippen molar-refractivity contribution in [2.45, 2.75) is 52.9 Å². The predicted octanol–water partition coefficient (Wildman–Crippen LogP) is 4.17. The van der Waals surface area contributed by atoms with Crippen molar-refractivity contribution < 1.29 is 0 Å². The van der Waals surface area contributed by atoms with Gasteiger partial charge in [-0.2, -0.15) is 0 Å². The van der Waals surface area contributed by atoms with Crippen LogP contribution in [0.3, 0.4) is 0 Å². The predicted molar refractivity (Wildman–Crippen MR) is 52.7 cm³/mol. The summed E-state index contributed by atoms with van der Waals surface area (Å²) in [5.74, 6) is 0. The largest absolute Gasteiger partial charge is 0.103 e. The van der Waals surface area contributed by atoms with Crippen LogP contribution in [0.15, 0.2) is 12.7 Å². The molecule has 0 aliphatic rings. The third-order valence-corrected chi connectivity index (χ3v) is 2.42. The molecule has 0 saturated heterocycles. The highest BCUT2D eigenvalue weighted by Gasteiger charge is 2.17. The summed E-state index contributed by atoms with van der Waals surface area (Å²) < 4.78 is 0. The summed E-state index contributed by atoms with van der Waals surface area (Å²) in [4.78, 5) is 0. The molecule has 0 aromatic carbocycles. The first-order valence-electron chi connectivity index (χ1n) is 4.82. The molecular formula is C11H22. The van der Waals surface area contributed by atoms with E-state index in [-0.39, 0.29) is 0 Å². The molecule has 0 saturated carbocycles. The normalized spacial score (nSPS) is 15.9. The van der Waals surface area contributed by atoms with Gasteiger partial charge in [-0.05, 0) is 18.3 Å². The van der Waals surface area contributed by atoms with E-state index in [2.05, 4.69) is 33.4 Å². The van der Waals surface area contributed by atoms with Crippen molar-refractivity contribution in [3.8, 4) is 0 Å². The molecule has 0 heteroatoms. The van der Waals surface area contributed by atoms with Gasteiger partial charge in [-0.15, -0.1) is 6.58 Å². The van der Waals surface area contributed by atoms with Crippen LogP contribution in [0.2, 0.25) is 0 Å². The molecule has 11 heavy (non-hydrogen) atoms. The van der Waals surface area contributed by atoms with Gasteiger partial charge in [0.05, 0.1) is 0 Å². The van der Waals surface area contributed by atoms with E-state index in [1.807, 2.05) is 0 Å². The van der Waals surface area contributed by atoms with Crippen LogP contribution in [0.1, 0.15) is 52.9 Å². The molecule has 0 nitrogen and oxygen atoms in total. The Kier molecular flexibility index (Phi) is 5.27. The maximum atomic E-state index is 3.90. The summed E-state index contributed by atoms with van der Waals surface area (Å²) >= 11 is 0. The van der Waals surface area contributed by atoms with Crippen molar-refractivity contribution in [1.82, 2.24) is 0 Å². The summed E-state index contributed by atoms with van der Waals surface area (Å²) in [6.07, 6.45) is 8.63. The SMILES string of the molecule is C=CC(C)(CCC)CCCC. The van der Waals surface area contributed by atoms with E-state index >= 15 is 0 Å². The van der Waals surface area contributed by atoms with Gasteiger partial charge in [-0.3, -0.25) is 0 Å². The summed E-state index contributed by atoms with van der Waals surface area (Å²) in [6, 6.07) is 0. The molecule has 0 N–H and O–H groups in total. The summed E-state index contributed by atoms with van der Waals surface area (Å²) in [5.41, 5.74) is 0.408. The van der Waals surface area contributed by atoms with Gasteiger partial charge >= 0.3 is 0 Å². The Bertz CT molecular complexity index is 105. The average molecular weight is 154 g/mol. The maximum Gasteiger partial charge on any atom is -0.0149 e. The average Bonchev–Trinajstić information content (AvgIpc) is 2.02. The van der Waals surface area contributed by atoms with Crippen molar-refractivity contribution in [1.29, 1.82) is 0 Å². The Morgan fingerprint density at radius 1 is 1.18 bits per heavy atom. The molecule has 0 radical (unpaired) electrons. The quantitative estimate of drug-likeness (QED) is 0.504. The topological polar surface area (TPSA) is 0 Å². The molecule has 0 amide bonds.